The Morgan fingerprint density at radius 1 is 1.04 bits per heavy atom. The van der Waals surface area contributed by atoms with Gasteiger partial charge in [-0.05, 0) is 12.1 Å². The van der Waals surface area contributed by atoms with Crippen LogP contribution in [0.25, 0.3) is 0 Å². The maximum atomic E-state index is 12.5. The van der Waals surface area contributed by atoms with E-state index in [2.05, 4.69) is 10.2 Å². The zero-order valence-electron chi connectivity index (χ0n) is 14.0. The molecule has 0 saturated carbocycles. The first-order valence-corrected chi connectivity index (χ1v) is 9.77. The summed E-state index contributed by atoms with van der Waals surface area (Å²) in [5, 5.41) is 2.53. The van der Waals surface area contributed by atoms with Crippen LogP contribution < -0.4 is 5.32 Å². The maximum absolute atomic E-state index is 12.5. The molecule has 9 nitrogen and oxygen atoms in total. The molecular weight excluding hydrogens is 350 g/mol. The molecular formula is C15H23N3O6S. The second kappa shape index (κ2) is 8.28. The summed E-state index contributed by atoms with van der Waals surface area (Å²) in [6, 6.07) is 2.71. The SMILES string of the molecule is O=C(NCCN1CCOCC1)c1ccc(S(=O)(=O)N2CCOCC2)o1. The van der Waals surface area contributed by atoms with Crippen molar-refractivity contribution in [1.82, 2.24) is 14.5 Å². The van der Waals surface area contributed by atoms with E-state index >= 15 is 0 Å². The molecule has 2 aliphatic heterocycles. The number of furan rings is 1. The van der Waals surface area contributed by atoms with Crippen molar-refractivity contribution in [3.8, 4) is 0 Å². The molecule has 10 heteroatoms. The molecule has 0 bridgehead atoms. The zero-order chi connectivity index (χ0) is 17.7. The van der Waals surface area contributed by atoms with Crippen molar-refractivity contribution in [2.45, 2.75) is 5.09 Å². The molecule has 0 aromatic carbocycles. The van der Waals surface area contributed by atoms with Crippen LogP contribution >= 0.6 is 0 Å². The number of ether oxygens (including phenoxy) is 2. The smallest absolute Gasteiger partial charge is 0.287 e. The van der Waals surface area contributed by atoms with Gasteiger partial charge < -0.3 is 19.2 Å². The van der Waals surface area contributed by atoms with E-state index in [1.54, 1.807) is 0 Å². The Labute approximate surface area is 146 Å². The Morgan fingerprint density at radius 3 is 2.36 bits per heavy atom. The first kappa shape index (κ1) is 18.3. The van der Waals surface area contributed by atoms with Crippen LogP contribution in [0.3, 0.4) is 0 Å². The predicted molar refractivity (Wildman–Crippen MR) is 87.9 cm³/mol. The van der Waals surface area contributed by atoms with E-state index in [-0.39, 0.29) is 23.9 Å². The zero-order valence-corrected chi connectivity index (χ0v) is 14.8. The quantitative estimate of drug-likeness (QED) is 0.708. The lowest BCUT2D eigenvalue weighted by Crippen LogP contribution is -2.41. The van der Waals surface area contributed by atoms with Gasteiger partial charge in [-0.25, -0.2) is 8.42 Å². The third kappa shape index (κ3) is 4.59. The van der Waals surface area contributed by atoms with Gasteiger partial charge in [-0.1, -0.05) is 0 Å². The van der Waals surface area contributed by atoms with Crippen LogP contribution in [0.1, 0.15) is 10.6 Å². The van der Waals surface area contributed by atoms with Gasteiger partial charge >= 0.3 is 0 Å². The highest BCUT2D eigenvalue weighted by molar-refractivity contribution is 7.89. The summed E-state index contributed by atoms with van der Waals surface area (Å²) in [4.78, 5) is 14.3. The summed E-state index contributed by atoms with van der Waals surface area (Å²) in [5.74, 6) is -0.425. The number of amides is 1. The van der Waals surface area contributed by atoms with Crippen LogP contribution in [0.5, 0.6) is 0 Å². The highest BCUT2D eigenvalue weighted by Crippen LogP contribution is 2.19. The molecule has 0 atom stereocenters. The van der Waals surface area contributed by atoms with Crippen LogP contribution in [0, 0.1) is 0 Å². The van der Waals surface area contributed by atoms with Gasteiger partial charge in [0.05, 0.1) is 26.4 Å². The number of hydrogen-bond acceptors (Lipinski definition) is 7. The second-order valence-electron chi connectivity index (χ2n) is 5.85. The Hall–Kier alpha value is -1.46. The fraction of sp³-hybridized carbons (Fsp3) is 0.667. The number of carbonyl (C=O) groups excluding carboxylic acids is 1. The summed E-state index contributed by atoms with van der Waals surface area (Å²) in [6.07, 6.45) is 0. The van der Waals surface area contributed by atoms with E-state index in [0.717, 1.165) is 19.6 Å². The monoisotopic (exact) mass is 373 g/mol. The fourth-order valence-electron chi connectivity index (χ4n) is 2.73. The molecule has 1 aromatic heterocycles. The summed E-state index contributed by atoms with van der Waals surface area (Å²) in [5.41, 5.74) is 0. The first-order chi connectivity index (χ1) is 12.1. The van der Waals surface area contributed by atoms with Crippen LogP contribution in [0.4, 0.5) is 0 Å². The summed E-state index contributed by atoms with van der Waals surface area (Å²) < 4.78 is 42.0. The molecule has 1 N–H and O–H groups in total. The Kier molecular flexibility index (Phi) is 6.07. The van der Waals surface area contributed by atoms with Crippen LogP contribution in [0.2, 0.25) is 0 Å². The summed E-state index contributed by atoms with van der Waals surface area (Å²) >= 11 is 0. The predicted octanol–water partition coefficient (Wildman–Crippen LogP) is -0.637. The molecule has 3 heterocycles. The van der Waals surface area contributed by atoms with E-state index in [0.29, 0.717) is 33.0 Å². The molecule has 0 radical (unpaired) electrons. The van der Waals surface area contributed by atoms with Crippen molar-refractivity contribution in [2.75, 3.05) is 65.7 Å². The molecule has 2 saturated heterocycles. The highest BCUT2D eigenvalue weighted by Gasteiger charge is 2.30. The molecule has 140 valence electrons. The highest BCUT2D eigenvalue weighted by atomic mass is 32.2. The van der Waals surface area contributed by atoms with E-state index in [9.17, 15) is 13.2 Å². The van der Waals surface area contributed by atoms with Crippen molar-refractivity contribution < 1.29 is 27.1 Å². The van der Waals surface area contributed by atoms with Crippen molar-refractivity contribution in [3.63, 3.8) is 0 Å². The van der Waals surface area contributed by atoms with Crippen molar-refractivity contribution in [2.24, 2.45) is 0 Å². The Bertz CT molecular complexity index is 677. The summed E-state index contributed by atoms with van der Waals surface area (Å²) in [6.45, 7) is 5.55. The third-order valence-electron chi connectivity index (χ3n) is 4.19. The third-order valence-corrected chi connectivity index (χ3v) is 5.96. The lowest BCUT2D eigenvalue weighted by Gasteiger charge is -2.26. The van der Waals surface area contributed by atoms with E-state index < -0.39 is 15.9 Å². The van der Waals surface area contributed by atoms with Gasteiger partial charge in [0.15, 0.2) is 5.76 Å². The summed E-state index contributed by atoms with van der Waals surface area (Å²) in [7, 11) is -3.73. The van der Waals surface area contributed by atoms with Gasteiger partial charge in [-0.15, -0.1) is 0 Å². The van der Waals surface area contributed by atoms with Gasteiger partial charge in [-0.3, -0.25) is 9.69 Å². The van der Waals surface area contributed by atoms with Crippen molar-refractivity contribution in [3.05, 3.63) is 17.9 Å². The maximum Gasteiger partial charge on any atom is 0.287 e. The van der Waals surface area contributed by atoms with E-state index in [4.69, 9.17) is 13.9 Å². The molecule has 2 aliphatic rings. The minimum absolute atomic E-state index is 0.00573. The topological polar surface area (TPSA) is 101 Å². The van der Waals surface area contributed by atoms with Crippen LogP contribution in [0.15, 0.2) is 21.6 Å². The Morgan fingerprint density at radius 2 is 1.68 bits per heavy atom. The molecule has 1 amide bonds. The first-order valence-electron chi connectivity index (χ1n) is 8.33. The van der Waals surface area contributed by atoms with Gasteiger partial charge in [0.1, 0.15) is 0 Å². The average Bonchev–Trinajstić information content (AvgIpc) is 3.14. The fourth-order valence-corrected chi connectivity index (χ4v) is 4.05. The second-order valence-corrected chi connectivity index (χ2v) is 7.71. The largest absolute Gasteiger partial charge is 0.438 e. The standard InChI is InChI=1S/C15H23N3O6S/c19-15(16-3-4-17-5-9-22-10-6-17)13-1-2-14(24-13)25(20,21)18-7-11-23-12-8-18/h1-2H,3-12H2,(H,16,19). The van der Waals surface area contributed by atoms with Crippen LogP contribution in [-0.2, 0) is 19.5 Å². The number of morpholine rings is 2. The number of hydrogen-bond donors (Lipinski definition) is 1. The minimum atomic E-state index is -3.73. The van der Waals surface area contributed by atoms with Crippen molar-refractivity contribution >= 4 is 15.9 Å². The lowest BCUT2D eigenvalue weighted by molar-refractivity contribution is 0.0382. The number of rotatable bonds is 6. The van der Waals surface area contributed by atoms with E-state index in [1.165, 1.54) is 16.4 Å². The van der Waals surface area contributed by atoms with E-state index in [1.807, 2.05) is 0 Å². The van der Waals surface area contributed by atoms with Crippen molar-refractivity contribution in [1.29, 1.82) is 0 Å². The number of carbonyl (C=O) groups is 1. The number of nitrogens with zero attached hydrogens (tertiary/aromatic N) is 2. The molecule has 1 aromatic rings. The van der Waals surface area contributed by atoms with Gasteiger partial charge in [0.25, 0.3) is 15.9 Å². The molecule has 3 rings (SSSR count). The number of sulfonamides is 1. The molecule has 25 heavy (non-hydrogen) atoms. The average molecular weight is 373 g/mol. The molecule has 0 aliphatic carbocycles. The molecule has 2 fully saturated rings. The lowest BCUT2D eigenvalue weighted by atomic mass is 10.4. The van der Waals surface area contributed by atoms with Gasteiger partial charge in [-0.2, -0.15) is 4.31 Å². The normalized spacial score (nSPS) is 20.5. The molecule has 0 unspecified atom stereocenters. The van der Waals surface area contributed by atoms with Gasteiger partial charge in [0.2, 0.25) is 5.09 Å². The molecule has 0 spiro atoms. The van der Waals surface area contributed by atoms with Gasteiger partial charge in [0, 0.05) is 39.3 Å². The Balaban J connectivity index is 1.54. The minimum Gasteiger partial charge on any atom is -0.438 e. The van der Waals surface area contributed by atoms with Crippen LogP contribution in [-0.4, -0.2) is 89.2 Å². The number of nitrogens with one attached hydrogen (secondary N) is 1.